The summed E-state index contributed by atoms with van der Waals surface area (Å²) in [6.07, 6.45) is 2.59. The largest absolute Gasteiger partial charge is 0.461 e. The standard InChI is InChI=1S/C17H24FN3O3Si/c1-5-24-17(22)16-10-15(13-6-7-19-11-14(13)18)20-21(16)12-23-8-9-25(2,3)4/h6-7,10-11H,5,8-9,12H2,1-4H3. The van der Waals surface area contributed by atoms with Crippen LogP contribution in [0.4, 0.5) is 4.39 Å². The molecule has 2 rings (SSSR count). The normalized spacial score (nSPS) is 11.6. The lowest BCUT2D eigenvalue weighted by Crippen LogP contribution is -2.22. The molecule has 136 valence electrons. The number of aromatic nitrogens is 3. The van der Waals surface area contributed by atoms with Crippen molar-refractivity contribution in [2.75, 3.05) is 13.2 Å². The summed E-state index contributed by atoms with van der Waals surface area (Å²) >= 11 is 0. The summed E-state index contributed by atoms with van der Waals surface area (Å²) in [5.41, 5.74) is 0.860. The molecule has 6 nitrogen and oxygen atoms in total. The molecule has 2 heterocycles. The van der Waals surface area contributed by atoms with E-state index in [9.17, 15) is 9.18 Å². The van der Waals surface area contributed by atoms with Crippen LogP contribution >= 0.6 is 0 Å². The van der Waals surface area contributed by atoms with Gasteiger partial charge < -0.3 is 9.47 Å². The summed E-state index contributed by atoms with van der Waals surface area (Å²) in [6.45, 7) is 9.48. The van der Waals surface area contributed by atoms with Crippen LogP contribution in [0.3, 0.4) is 0 Å². The number of esters is 1. The molecule has 0 radical (unpaired) electrons. The van der Waals surface area contributed by atoms with Crippen molar-refractivity contribution in [2.24, 2.45) is 0 Å². The van der Waals surface area contributed by atoms with Gasteiger partial charge in [0.25, 0.3) is 0 Å². The van der Waals surface area contributed by atoms with E-state index in [1.807, 2.05) is 0 Å². The Morgan fingerprint density at radius 3 is 2.76 bits per heavy atom. The highest BCUT2D eigenvalue weighted by Crippen LogP contribution is 2.22. The van der Waals surface area contributed by atoms with E-state index >= 15 is 0 Å². The number of pyridine rings is 1. The zero-order valence-electron chi connectivity index (χ0n) is 15.1. The van der Waals surface area contributed by atoms with E-state index < -0.39 is 19.9 Å². The van der Waals surface area contributed by atoms with Crippen molar-refractivity contribution in [1.82, 2.24) is 14.8 Å². The van der Waals surface area contributed by atoms with Gasteiger partial charge in [-0.2, -0.15) is 5.10 Å². The van der Waals surface area contributed by atoms with Crippen LogP contribution in [0.2, 0.25) is 25.7 Å². The van der Waals surface area contributed by atoms with Crippen molar-refractivity contribution in [3.05, 3.63) is 36.0 Å². The van der Waals surface area contributed by atoms with E-state index in [0.717, 1.165) is 12.2 Å². The number of carbonyl (C=O) groups is 1. The minimum absolute atomic E-state index is 0.116. The second-order valence-corrected chi connectivity index (χ2v) is 12.5. The number of halogens is 1. The number of hydrogen-bond acceptors (Lipinski definition) is 5. The molecule has 0 bridgehead atoms. The van der Waals surface area contributed by atoms with Crippen LogP contribution in [0.25, 0.3) is 11.3 Å². The van der Waals surface area contributed by atoms with Crippen molar-refractivity contribution < 1.29 is 18.7 Å². The maximum atomic E-state index is 13.9. The maximum absolute atomic E-state index is 13.9. The predicted octanol–water partition coefficient (Wildman–Crippen LogP) is 3.57. The first-order valence-electron chi connectivity index (χ1n) is 8.24. The van der Waals surface area contributed by atoms with Crippen LogP contribution in [0.1, 0.15) is 17.4 Å². The van der Waals surface area contributed by atoms with Crippen molar-refractivity contribution >= 4 is 14.0 Å². The Hall–Kier alpha value is -2.06. The lowest BCUT2D eigenvalue weighted by atomic mass is 10.2. The SMILES string of the molecule is CCOC(=O)c1cc(-c2ccncc2F)nn1COCC[Si](C)(C)C. The highest BCUT2D eigenvalue weighted by Gasteiger charge is 2.19. The predicted molar refractivity (Wildman–Crippen MR) is 95.5 cm³/mol. The fourth-order valence-electron chi connectivity index (χ4n) is 2.13. The number of rotatable bonds is 8. The van der Waals surface area contributed by atoms with Gasteiger partial charge in [-0.3, -0.25) is 4.98 Å². The Morgan fingerprint density at radius 2 is 2.12 bits per heavy atom. The van der Waals surface area contributed by atoms with E-state index in [4.69, 9.17) is 9.47 Å². The number of carbonyl (C=O) groups excluding carboxylic acids is 1. The van der Waals surface area contributed by atoms with Gasteiger partial charge in [-0.25, -0.2) is 13.9 Å². The third-order valence-corrected chi connectivity index (χ3v) is 5.23. The van der Waals surface area contributed by atoms with Gasteiger partial charge in [-0.1, -0.05) is 19.6 Å². The van der Waals surface area contributed by atoms with E-state index in [-0.39, 0.29) is 24.6 Å². The third kappa shape index (κ3) is 5.47. The first-order chi connectivity index (χ1) is 11.8. The molecule has 2 aromatic heterocycles. The summed E-state index contributed by atoms with van der Waals surface area (Å²) in [6, 6.07) is 4.04. The average Bonchev–Trinajstić information content (AvgIpc) is 2.95. The molecule has 0 atom stereocenters. The molecule has 0 amide bonds. The summed E-state index contributed by atoms with van der Waals surface area (Å²) < 4.78 is 26.1. The van der Waals surface area contributed by atoms with Crippen molar-refractivity contribution in [3.63, 3.8) is 0 Å². The molecule has 0 aromatic carbocycles. The molecule has 25 heavy (non-hydrogen) atoms. The lowest BCUT2D eigenvalue weighted by Gasteiger charge is -2.15. The van der Waals surface area contributed by atoms with Crippen molar-refractivity contribution in [1.29, 1.82) is 0 Å². The van der Waals surface area contributed by atoms with Gasteiger partial charge in [0, 0.05) is 26.4 Å². The van der Waals surface area contributed by atoms with Crippen LogP contribution in [0.5, 0.6) is 0 Å². The maximum Gasteiger partial charge on any atom is 0.356 e. The Kier molecular flexibility index (Phi) is 6.43. The Labute approximate surface area is 148 Å². The molecule has 0 aliphatic rings. The van der Waals surface area contributed by atoms with Crippen LogP contribution in [-0.4, -0.2) is 42.0 Å². The summed E-state index contributed by atoms with van der Waals surface area (Å²) in [4.78, 5) is 15.9. The molecule has 0 saturated carbocycles. The van der Waals surface area contributed by atoms with Gasteiger partial charge in [0.1, 0.15) is 12.4 Å². The summed E-state index contributed by atoms with van der Waals surface area (Å²) in [5.74, 6) is -1.01. The summed E-state index contributed by atoms with van der Waals surface area (Å²) in [7, 11) is -1.20. The number of nitrogens with zero attached hydrogens (tertiary/aromatic N) is 3. The number of ether oxygens (including phenoxy) is 2. The molecule has 0 fully saturated rings. The van der Waals surface area contributed by atoms with Gasteiger partial charge in [0.15, 0.2) is 5.82 Å². The minimum atomic E-state index is -1.20. The van der Waals surface area contributed by atoms with Gasteiger partial charge in [-0.15, -0.1) is 0 Å². The van der Waals surface area contributed by atoms with E-state index in [2.05, 4.69) is 29.7 Å². The fourth-order valence-corrected chi connectivity index (χ4v) is 2.89. The Bertz CT molecular complexity index is 728. The molecule has 0 saturated heterocycles. The first-order valence-corrected chi connectivity index (χ1v) is 11.9. The molecular formula is C17H24FN3O3Si. The fraction of sp³-hybridized carbons (Fsp3) is 0.471. The van der Waals surface area contributed by atoms with Crippen molar-refractivity contribution in [3.8, 4) is 11.3 Å². The molecule has 0 N–H and O–H groups in total. The van der Waals surface area contributed by atoms with E-state index in [1.165, 1.54) is 23.0 Å². The smallest absolute Gasteiger partial charge is 0.356 e. The van der Waals surface area contributed by atoms with Crippen LogP contribution < -0.4 is 0 Å². The highest BCUT2D eigenvalue weighted by molar-refractivity contribution is 6.76. The van der Waals surface area contributed by atoms with E-state index in [0.29, 0.717) is 12.3 Å². The molecular weight excluding hydrogens is 341 g/mol. The summed E-state index contributed by atoms with van der Waals surface area (Å²) in [5, 5.41) is 4.31. The monoisotopic (exact) mass is 365 g/mol. The molecule has 0 unspecified atom stereocenters. The molecule has 8 heteroatoms. The second kappa shape index (κ2) is 8.35. The highest BCUT2D eigenvalue weighted by atomic mass is 28.3. The van der Waals surface area contributed by atoms with Crippen LogP contribution in [0.15, 0.2) is 24.5 Å². The molecule has 0 aliphatic heterocycles. The van der Waals surface area contributed by atoms with Gasteiger partial charge >= 0.3 is 5.97 Å². The van der Waals surface area contributed by atoms with Crippen LogP contribution in [0, 0.1) is 5.82 Å². The number of hydrogen-bond donors (Lipinski definition) is 0. The van der Waals surface area contributed by atoms with Gasteiger partial charge in [0.2, 0.25) is 0 Å². The third-order valence-electron chi connectivity index (χ3n) is 3.52. The topological polar surface area (TPSA) is 66.2 Å². The Balaban J connectivity index is 2.21. The van der Waals surface area contributed by atoms with Crippen molar-refractivity contribution in [2.45, 2.75) is 39.3 Å². The zero-order chi connectivity index (χ0) is 18.4. The van der Waals surface area contributed by atoms with Gasteiger partial charge in [0.05, 0.1) is 18.5 Å². The molecule has 0 spiro atoms. The zero-order valence-corrected chi connectivity index (χ0v) is 16.1. The van der Waals surface area contributed by atoms with Crippen LogP contribution in [-0.2, 0) is 16.2 Å². The Morgan fingerprint density at radius 1 is 1.36 bits per heavy atom. The molecule has 2 aromatic rings. The minimum Gasteiger partial charge on any atom is -0.461 e. The first kappa shape index (κ1) is 19.3. The molecule has 0 aliphatic carbocycles. The van der Waals surface area contributed by atoms with Gasteiger partial charge in [-0.05, 0) is 25.1 Å². The van der Waals surface area contributed by atoms with E-state index in [1.54, 1.807) is 6.92 Å². The lowest BCUT2D eigenvalue weighted by molar-refractivity contribution is 0.0455. The second-order valence-electron chi connectivity index (χ2n) is 6.84. The quantitative estimate of drug-likeness (QED) is 0.406. The average molecular weight is 365 g/mol.